The molecule has 0 bridgehead atoms. The number of benzene rings is 1. The zero-order chi connectivity index (χ0) is 12.3. The number of hydrogen-bond donors (Lipinski definition) is 1. The highest BCUT2D eigenvalue weighted by molar-refractivity contribution is 5.57. The summed E-state index contributed by atoms with van der Waals surface area (Å²) in [5.41, 5.74) is 4.82. The predicted octanol–water partition coefficient (Wildman–Crippen LogP) is 3.87. The molecule has 0 saturated carbocycles. The van der Waals surface area contributed by atoms with E-state index in [4.69, 9.17) is 0 Å². The predicted molar refractivity (Wildman–Crippen MR) is 72.2 cm³/mol. The molecule has 88 valence electrons. The second-order valence-electron chi connectivity index (χ2n) is 4.39. The molecule has 1 N–H and O–H groups in total. The highest BCUT2D eigenvalue weighted by atomic mass is 14.9. The van der Waals surface area contributed by atoms with Crippen LogP contribution in [0.5, 0.6) is 0 Å². The van der Waals surface area contributed by atoms with Crippen LogP contribution in [-0.4, -0.2) is 4.98 Å². The van der Waals surface area contributed by atoms with Crippen molar-refractivity contribution in [2.75, 3.05) is 5.32 Å². The Kier molecular flexibility index (Phi) is 3.43. The SMILES string of the molecule is Cc1cccc(C)c1NC(C)c1ccccn1. The van der Waals surface area contributed by atoms with Crippen LogP contribution >= 0.6 is 0 Å². The average Bonchev–Trinajstić information content (AvgIpc) is 2.35. The second-order valence-corrected chi connectivity index (χ2v) is 4.39. The molecular formula is C15H18N2. The fourth-order valence-electron chi connectivity index (χ4n) is 1.96. The number of aryl methyl sites for hydroxylation is 2. The smallest absolute Gasteiger partial charge is 0.0657 e. The standard InChI is InChI=1S/C15H18N2/c1-11-7-6-8-12(2)15(11)17-13(3)14-9-4-5-10-16-14/h4-10,13,17H,1-3H3. The fourth-order valence-corrected chi connectivity index (χ4v) is 1.96. The Morgan fingerprint density at radius 1 is 1.00 bits per heavy atom. The van der Waals surface area contributed by atoms with Crippen molar-refractivity contribution in [3.63, 3.8) is 0 Å². The summed E-state index contributed by atoms with van der Waals surface area (Å²) >= 11 is 0. The molecule has 0 fully saturated rings. The first-order valence-electron chi connectivity index (χ1n) is 5.92. The average molecular weight is 226 g/mol. The molecule has 1 unspecified atom stereocenters. The van der Waals surface area contributed by atoms with E-state index in [-0.39, 0.29) is 6.04 Å². The summed E-state index contributed by atoms with van der Waals surface area (Å²) < 4.78 is 0. The first-order chi connectivity index (χ1) is 8.18. The van der Waals surface area contributed by atoms with Crippen LogP contribution in [0, 0.1) is 13.8 Å². The molecule has 0 aliphatic carbocycles. The van der Waals surface area contributed by atoms with Gasteiger partial charge in [-0.15, -0.1) is 0 Å². The lowest BCUT2D eigenvalue weighted by molar-refractivity contribution is 0.836. The third-order valence-electron chi connectivity index (χ3n) is 2.97. The van der Waals surface area contributed by atoms with Gasteiger partial charge in [0.2, 0.25) is 0 Å². The van der Waals surface area contributed by atoms with Crippen LogP contribution in [0.1, 0.15) is 29.8 Å². The maximum absolute atomic E-state index is 4.37. The van der Waals surface area contributed by atoms with E-state index in [9.17, 15) is 0 Å². The van der Waals surface area contributed by atoms with Gasteiger partial charge in [0.15, 0.2) is 0 Å². The van der Waals surface area contributed by atoms with Gasteiger partial charge < -0.3 is 5.32 Å². The minimum atomic E-state index is 0.219. The van der Waals surface area contributed by atoms with Crippen LogP contribution in [0.3, 0.4) is 0 Å². The van der Waals surface area contributed by atoms with Crippen LogP contribution < -0.4 is 5.32 Å². The quantitative estimate of drug-likeness (QED) is 0.859. The third-order valence-corrected chi connectivity index (χ3v) is 2.97. The van der Waals surface area contributed by atoms with E-state index in [2.05, 4.69) is 49.3 Å². The van der Waals surface area contributed by atoms with Crippen molar-refractivity contribution in [1.29, 1.82) is 0 Å². The van der Waals surface area contributed by atoms with Crippen molar-refractivity contribution in [1.82, 2.24) is 4.98 Å². The summed E-state index contributed by atoms with van der Waals surface area (Å²) in [6.45, 7) is 6.38. The maximum Gasteiger partial charge on any atom is 0.0657 e. The highest BCUT2D eigenvalue weighted by Gasteiger charge is 2.08. The normalized spacial score (nSPS) is 12.2. The van der Waals surface area contributed by atoms with E-state index >= 15 is 0 Å². The molecule has 1 atom stereocenters. The Hall–Kier alpha value is -1.83. The molecule has 0 spiro atoms. The Labute approximate surface area is 103 Å². The Bertz CT molecular complexity index is 471. The van der Waals surface area contributed by atoms with E-state index in [1.165, 1.54) is 16.8 Å². The van der Waals surface area contributed by atoms with Crippen LogP contribution in [0.2, 0.25) is 0 Å². The molecule has 2 heteroatoms. The number of anilines is 1. The van der Waals surface area contributed by atoms with Crippen molar-refractivity contribution in [2.45, 2.75) is 26.8 Å². The largest absolute Gasteiger partial charge is 0.377 e. The van der Waals surface area contributed by atoms with E-state index in [0.717, 1.165) is 5.69 Å². The van der Waals surface area contributed by atoms with Crippen molar-refractivity contribution in [3.8, 4) is 0 Å². The number of para-hydroxylation sites is 1. The van der Waals surface area contributed by atoms with Crippen molar-refractivity contribution in [3.05, 3.63) is 59.4 Å². The van der Waals surface area contributed by atoms with Crippen LogP contribution in [0.25, 0.3) is 0 Å². The molecule has 0 aliphatic rings. The zero-order valence-electron chi connectivity index (χ0n) is 10.6. The summed E-state index contributed by atoms with van der Waals surface area (Å²) in [7, 11) is 0. The van der Waals surface area contributed by atoms with Gasteiger partial charge in [-0.3, -0.25) is 4.98 Å². The molecule has 17 heavy (non-hydrogen) atoms. The van der Waals surface area contributed by atoms with Gasteiger partial charge in [-0.05, 0) is 44.0 Å². The molecule has 1 aromatic heterocycles. The summed E-state index contributed by atoms with van der Waals surface area (Å²) in [4.78, 5) is 4.37. The maximum atomic E-state index is 4.37. The Morgan fingerprint density at radius 2 is 1.71 bits per heavy atom. The molecule has 2 nitrogen and oxygen atoms in total. The monoisotopic (exact) mass is 226 g/mol. The van der Waals surface area contributed by atoms with Crippen LogP contribution in [0.4, 0.5) is 5.69 Å². The topological polar surface area (TPSA) is 24.9 Å². The molecule has 1 heterocycles. The third kappa shape index (κ3) is 2.64. The van der Waals surface area contributed by atoms with Gasteiger partial charge in [-0.1, -0.05) is 24.3 Å². The van der Waals surface area contributed by atoms with E-state index in [0.29, 0.717) is 0 Å². The molecule has 0 radical (unpaired) electrons. The summed E-state index contributed by atoms with van der Waals surface area (Å²) in [6, 6.07) is 12.6. The molecule has 1 aromatic carbocycles. The minimum absolute atomic E-state index is 0.219. The highest BCUT2D eigenvalue weighted by Crippen LogP contribution is 2.24. The van der Waals surface area contributed by atoms with Crippen LogP contribution in [0.15, 0.2) is 42.6 Å². The minimum Gasteiger partial charge on any atom is -0.377 e. The Balaban J connectivity index is 2.22. The fraction of sp³-hybridized carbons (Fsp3) is 0.267. The number of rotatable bonds is 3. The summed E-state index contributed by atoms with van der Waals surface area (Å²) in [6.07, 6.45) is 1.83. The van der Waals surface area contributed by atoms with Gasteiger partial charge in [0.25, 0.3) is 0 Å². The van der Waals surface area contributed by atoms with Gasteiger partial charge in [0, 0.05) is 11.9 Å². The van der Waals surface area contributed by atoms with E-state index < -0.39 is 0 Å². The van der Waals surface area contributed by atoms with Crippen molar-refractivity contribution < 1.29 is 0 Å². The molecule has 0 aliphatic heterocycles. The molecule has 2 aromatic rings. The van der Waals surface area contributed by atoms with Gasteiger partial charge >= 0.3 is 0 Å². The van der Waals surface area contributed by atoms with Gasteiger partial charge in [0.05, 0.1) is 11.7 Å². The number of aromatic nitrogens is 1. The van der Waals surface area contributed by atoms with E-state index in [1.807, 2.05) is 24.4 Å². The molecule has 0 saturated heterocycles. The Morgan fingerprint density at radius 3 is 2.29 bits per heavy atom. The number of nitrogens with zero attached hydrogens (tertiary/aromatic N) is 1. The van der Waals surface area contributed by atoms with Crippen molar-refractivity contribution in [2.24, 2.45) is 0 Å². The number of nitrogens with one attached hydrogen (secondary N) is 1. The van der Waals surface area contributed by atoms with Gasteiger partial charge in [0.1, 0.15) is 0 Å². The lowest BCUT2D eigenvalue weighted by Gasteiger charge is -2.18. The molecule has 2 rings (SSSR count). The summed E-state index contributed by atoms with van der Waals surface area (Å²) in [5, 5.41) is 3.53. The first-order valence-corrected chi connectivity index (χ1v) is 5.92. The van der Waals surface area contributed by atoms with Crippen LogP contribution in [-0.2, 0) is 0 Å². The first kappa shape index (κ1) is 11.6. The molecule has 0 amide bonds. The zero-order valence-corrected chi connectivity index (χ0v) is 10.6. The second kappa shape index (κ2) is 5.00. The van der Waals surface area contributed by atoms with Gasteiger partial charge in [-0.2, -0.15) is 0 Å². The van der Waals surface area contributed by atoms with Crippen molar-refractivity contribution >= 4 is 5.69 Å². The van der Waals surface area contributed by atoms with E-state index in [1.54, 1.807) is 0 Å². The van der Waals surface area contributed by atoms with Gasteiger partial charge in [-0.25, -0.2) is 0 Å². The lowest BCUT2D eigenvalue weighted by atomic mass is 10.1. The lowest BCUT2D eigenvalue weighted by Crippen LogP contribution is -2.10. The number of pyridine rings is 1. The molecular weight excluding hydrogens is 208 g/mol. The number of hydrogen-bond acceptors (Lipinski definition) is 2. The summed E-state index contributed by atoms with van der Waals surface area (Å²) in [5.74, 6) is 0.